The second kappa shape index (κ2) is 4.29. The summed E-state index contributed by atoms with van der Waals surface area (Å²) in [5.41, 5.74) is -1.08. The molecule has 0 aromatic rings. The molecule has 0 bridgehead atoms. The lowest BCUT2D eigenvalue weighted by Crippen LogP contribution is -2.61. The van der Waals surface area contributed by atoms with Crippen molar-refractivity contribution >= 4 is 5.84 Å². The number of nitro groups is 4. The van der Waals surface area contributed by atoms with E-state index in [0.29, 0.717) is 0 Å². The topological polar surface area (TPSA) is 219 Å². The minimum Gasteiger partial charge on any atom is -0.358 e. The van der Waals surface area contributed by atoms with E-state index in [1.165, 1.54) is 0 Å². The SMILES string of the molecule is O=[N+]([O-])C1=C2C(=NN([N+](=O)[O-])N([N+](=O)[O-])N2[N+](=O)[O-])N=N1. The van der Waals surface area contributed by atoms with Crippen LogP contribution in [0.5, 0.6) is 0 Å². The smallest absolute Gasteiger partial charge is 0.358 e. The second-order valence-electron chi connectivity index (χ2n) is 3.09. The summed E-state index contributed by atoms with van der Waals surface area (Å²) < 4.78 is 0. The Hall–Kier alpha value is -3.99. The number of azo groups is 1. The molecule has 2 heterocycles. The molecule has 0 saturated carbocycles. The van der Waals surface area contributed by atoms with E-state index >= 15 is 0 Å². The van der Waals surface area contributed by atoms with Crippen molar-refractivity contribution in [2.75, 3.05) is 0 Å². The Balaban J connectivity index is 2.71. The van der Waals surface area contributed by atoms with Crippen LogP contribution in [0.3, 0.4) is 0 Å². The maximum absolute atomic E-state index is 10.9. The summed E-state index contributed by atoms with van der Waals surface area (Å²) in [6.45, 7) is 0. The van der Waals surface area contributed by atoms with Crippen LogP contribution in [0.15, 0.2) is 26.8 Å². The fraction of sp³-hybridized carbons (Fsp3) is 0. The molecule has 0 atom stereocenters. The van der Waals surface area contributed by atoms with Gasteiger partial charge in [-0.15, -0.1) is 0 Å². The molecule has 0 radical (unpaired) electrons. The lowest BCUT2D eigenvalue weighted by atomic mass is 10.4. The largest absolute Gasteiger partial charge is 0.429 e. The number of nitrogens with zero attached hydrogens (tertiary/aromatic N) is 10. The maximum atomic E-state index is 10.9. The normalized spacial score (nSPS) is 16.8. The lowest BCUT2D eigenvalue weighted by Gasteiger charge is -2.21. The van der Waals surface area contributed by atoms with Crippen LogP contribution in [0.25, 0.3) is 0 Å². The van der Waals surface area contributed by atoms with Gasteiger partial charge in [-0.2, -0.15) is 0 Å². The Morgan fingerprint density at radius 3 is 1.90 bits per heavy atom. The van der Waals surface area contributed by atoms with Gasteiger partial charge in [-0.1, -0.05) is 0 Å². The number of hydrazone groups is 1. The highest BCUT2D eigenvalue weighted by molar-refractivity contribution is 5.99. The number of amidine groups is 1. The molecule has 0 aromatic heterocycles. The molecule has 0 aromatic carbocycles. The van der Waals surface area contributed by atoms with Gasteiger partial charge in [0.25, 0.3) is 0 Å². The first-order valence-corrected chi connectivity index (χ1v) is 4.48. The molecule has 0 saturated heterocycles. The van der Waals surface area contributed by atoms with E-state index in [9.17, 15) is 40.5 Å². The number of hydrazine groups is 5. The monoisotopic (exact) mass is 304 g/mol. The van der Waals surface area contributed by atoms with Crippen molar-refractivity contribution in [1.82, 2.24) is 15.6 Å². The second-order valence-corrected chi connectivity index (χ2v) is 3.09. The van der Waals surface area contributed by atoms with Crippen LogP contribution in [-0.4, -0.2) is 41.4 Å². The highest BCUT2D eigenvalue weighted by atomic mass is 16.8. The fourth-order valence-corrected chi connectivity index (χ4v) is 1.33. The highest BCUT2D eigenvalue weighted by Crippen LogP contribution is 2.28. The van der Waals surface area contributed by atoms with Gasteiger partial charge in [-0.25, -0.2) is 20.2 Å². The minimum atomic E-state index is -1.57. The van der Waals surface area contributed by atoms with E-state index in [-0.39, 0.29) is 0 Å². The number of hydrogen-bond acceptors (Lipinski definition) is 11. The third kappa shape index (κ3) is 1.87. The van der Waals surface area contributed by atoms with Crippen LogP contribution < -0.4 is 0 Å². The van der Waals surface area contributed by atoms with Gasteiger partial charge in [-0.3, -0.25) is 0 Å². The molecule has 0 unspecified atom stereocenters. The van der Waals surface area contributed by atoms with E-state index in [2.05, 4.69) is 15.3 Å². The molecule has 2 aliphatic rings. The summed E-state index contributed by atoms with van der Waals surface area (Å²) >= 11 is 0. The molecule has 21 heavy (non-hydrogen) atoms. The molecule has 18 nitrogen and oxygen atoms in total. The Bertz CT molecular complexity index is 661. The highest BCUT2D eigenvalue weighted by Gasteiger charge is 2.61. The zero-order valence-electron chi connectivity index (χ0n) is 9.24. The molecule has 2 rings (SSSR count). The average Bonchev–Trinajstić information content (AvgIpc) is 2.79. The molecule has 0 amide bonds. The van der Waals surface area contributed by atoms with Gasteiger partial charge >= 0.3 is 17.4 Å². The van der Waals surface area contributed by atoms with Crippen LogP contribution in [0.2, 0.25) is 0 Å². The Labute approximate surface area is 110 Å². The molecule has 0 aliphatic carbocycles. The van der Waals surface area contributed by atoms with E-state index in [1.807, 2.05) is 0 Å². The van der Waals surface area contributed by atoms with Crippen LogP contribution in [0.4, 0.5) is 0 Å². The number of rotatable bonds is 4. The summed E-state index contributed by atoms with van der Waals surface area (Å²) in [5, 5.41) is 45.4. The van der Waals surface area contributed by atoms with Gasteiger partial charge in [0.1, 0.15) is 10.2 Å². The van der Waals surface area contributed by atoms with Gasteiger partial charge in [0.05, 0.1) is 10.1 Å². The van der Waals surface area contributed by atoms with Crippen LogP contribution in [0.1, 0.15) is 0 Å². The zero-order valence-corrected chi connectivity index (χ0v) is 9.24. The number of hydrogen-bond donors (Lipinski definition) is 0. The predicted octanol–water partition coefficient (Wildman–Crippen LogP) is -1.46. The summed E-state index contributed by atoms with van der Waals surface area (Å²) in [6.07, 6.45) is 0. The molecule has 0 N–H and O–H groups in total. The third-order valence-electron chi connectivity index (χ3n) is 2.00. The van der Waals surface area contributed by atoms with Crippen molar-refractivity contribution in [1.29, 1.82) is 0 Å². The third-order valence-corrected chi connectivity index (χ3v) is 2.00. The maximum Gasteiger partial charge on any atom is 0.429 e. The van der Waals surface area contributed by atoms with E-state index in [0.717, 1.165) is 0 Å². The average molecular weight is 304 g/mol. The van der Waals surface area contributed by atoms with Crippen molar-refractivity contribution in [3.8, 4) is 0 Å². The first kappa shape index (κ1) is 13.4. The Morgan fingerprint density at radius 1 is 0.857 bits per heavy atom. The van der Waals surface area contributed by atoms with Crippen molar-refractivity contribution in [2.45, 2.75) is 0 Å². The van der Waals surface area contributed by atoms with Gasteiger partial charge in [0.2, 0.25) is 10.3 Å². The first-order chi connectivity index (χ1) is 9.75. The van der Waals surface area contributed by atoms with E-state index in [1.54, 1.807) is 0 Å². The molecule has 18 heteroatoms. The van der Waals surface area contributed by atoms with Crippen molar-refractivity contribution in [3.05, 3.63) is 52.0 Å². The first-order valence-electron chi connectivity index (χ1n) is 4.48. The van der Waals surface area contributed by atoms with Gasteiger partial charge < -0.3 is 20.2 Å². The molecule has 2 aliphatic heterocycles. The Morgan fingerprint density at radius 2 is 1.48 bits per heavy atom. The van der Waals surface area contributed by atoms with Crippen LogP contribution in [0, 0.1) is 40.5 Å². The predicted molar refractivity (Wildman–Crippen MR) is 52.8 cm³/mol. The van der Waals surface area contributed by atoms with Crippen molar-refractivity contribution in [2.24, 2.45) is 15.3 Å². The van der Waals surface area contributed by atoms with Crippen LogP contribution >= 0.6 is 0 Å². The van der Waals surface area contributed by atoms with Crippen molar-refractivity contribution < 1.29 is 20.0 Å². The summed E-state index contributed by atoms with van der Waals surface area (Å²) in [4.78, 5) is 41.8. The van der Waals surface area contributed by atoms with Crippen LogP contribution in [-0.2, 0) is 0 Å². The van der Waals surface area contributed by atoms with Gasteiger partial charge in [0.15, 0.2) is 10.3 Å². The van der Waals surface area contributed by atoms with Gasteiger partial charge in [-0.05, 0) is 4.92 Å². The molecular formula is C3N10O8. The standard InChI is InChI=1S/C3N10O8/c14-8(15)3-1-2(4-5-3)6-9(12(18)19)10(13(20)21)7(1)11(16)17. The summed E-state index contributed by atoms with van der Waals surface area (Å²) in [5.74, 6) is -2.12. The molecule has 0 fully saturated rings. The summed E-state index contributed by atoms with van der Waals surface area (Å²) in [7, 11) is 0. The fourth-order valence-electron chi connectivity index (χ4n) is 1.33. The minimum absolute atomic E-state index is 0.566. The van der Waals surface area contributed by atoms with E-state index in [4.69, 9.17) is 0 Å². The summed E-state index contributed by atoms with van der Waals surface area (Å²) in [6, 6.07) is 0. The van der Waals surface area contributed by atoms with E-state index < -0.39 is 52.9 Å². The lowest BCUT2D eigenvalue weighted by molar-refractivity contribution is -0.923. The number of fused-ring (bicyclic) bond motifs is 1. The zero-order chi connectivity index (χ0) is 15.9. The Kier molecular flexibility index (Phi) is 2.74. The van der Waals surface area contributed by atoms with Crippen molar-refractivity contribution in [3.63, 3.8) is 0 Å². The quantitative estimate of drug-likeness (QED) is 0.430. The van der Waals surface area contributed by atoms with Gasteiger partial charge in [0, 0.05) is 5.11 Å². The molecule has 110 valence electrons. The molecule has 0 spiro atoms. The molecular weight excluding hydrogens is 304 g/mol.